The molecule has 0 atom stereocenters. The first-order valence-corrected chi connectivity index (χ1v) is 7.30. The summed E-state index contributed by atoms with van der Waals surface area (Å²) in [6.07, 6.45) is 1.46. The molecule has 104 valence electrons. The van der Waals surface area contributed by atoms with Gasteiger partial charge in [-0.2, -0.15) is 0 Å². The summed E-state index contributed by atoms with van der Waals surface area (Å²) < 4.78 is 5.47. The molecular weight excluding hydrogens is 298 g/mol. The molecule has 0 radical (unpaired) electrons. The first-order chi connectivity index (χ1) is 9.72. The highest BCUT2D eigenvalue weighted by Gasteiger charge is 2.23. The van der Waals surface area contributed by atoms with E-state index in [9.17, 15) is 4.79 Å². The van der Waals surface area contributed by atoms with Crippen molar-refractivity contribution in [2.24, 2.45) is 0 Å². The Morgan fingerprint density at radius 3 is 3.10 bits per heavy atom. The zero-order chi connectivity index (χ0) is 13.9. The van der Waals surface area contributed by atoms with Crippen LogP contribution in [-0.4, -0.2) is 24.2 Å². The van der Waals surface area contributed by atoms with Gasteiger partial charge in [0.15, 0.2) is 4.47 Å². The maximum Gasteiger partial charge on any atom is 0.414 e. The highest BCUT2D eigenvalue weighted by Crippen LogP contribution is 2.24. The molecule has 2 aromatic rings. The van der Waals surface area contributed by atoms with Crippen molar-refractivity contribution in [3.05, 3.63) is 39.8 Å². The second kappa shape index (κ2) is 5.68. The van der Waals surface area contributed by atoms with Crippen LogP contribution in [-0.2, 0) is 11.3 Å². The van der Waals surface area contributed by atoms with E-state index >= 15 is 0 Å². The third-order valence-electron chi connectivity index (χ3n) is 2.91. The fourth-order valence-corrected chi connectivity index (χ4v) is 2.88. The lowest BCUT2D eigenvalue weighted by Gasteiger charge is -2.14. The summed E-state index contributed by atoms with van der Waals surface area (Å²) in [4.78, 5) is 18.2. The standard InChI is InChI=1S/C13H12ClN3O2S/c14-12-16-8-11(20-12)7-15-9-2-1-3-10(6-9)17-4-5-19-13(17)18/h1-3,6,8,15H,4-5,7H2. The number of cyclic esters (lactones) is 1. The smallest absolute Gasteiger partial charge is 0.414 e. The zero-order valence-electron chi connectivity index (χ0n) is 10.5. The van der Waals surface area contributed by atoms with Crippen molar-refractivity contribution < 1.29 is 9.53 Å². The molecule has 1 aromatic heterocycles. The van der Waals surface area contributed by atoms with Crippen LogP contribution in [0.1, 0.15) is 4.88 Å². The maximum atomic E-state index is 11.5. The van der Waals surface area contributed by atoms with Crippen molar-refractivity contribution in [2.75, 3.05) is 23.4 Å². The van der Waals surface area contributed by atoms with Crippen LogP contribution >= 0.6 is 22.9 Å². The number of hydrogen-bond acceptors (Lipinski definition) is 5. The number of carbonyl (C=O) groups is 1. The molecular formula is C13H12ClN3O2S. The maximum absolute atomic E-state index is 11.5. The third-order valence-corrected chi connectivity index (χ3v) is 4.03. The Balaban J connectivity index is 1.69. The van der Waals surface area contributed by atoms with E-state index < -0.39 is 0 Å². The fourth-order valence-electron chi connectivity index (χ4n) is 1.97. The minimum absolute atomic E-state index is 0.295. The lowest BCUT2D eigenvalue weighted by molar-refractivity contribution is 0.181. The van der Waals surface area contributed by atoms with Crippen molar-refractivity contribution in [2.45, 2.75) is 6.54 Å². The van der Waals surface area contributed by atoms with Crippen LogP contribution in [0, 0.1) is 0 Å². The summed E-state index contributed by atoms with van der Waals surface area (Å²) in [7, 11) is 0. The molecule has 1 amide bonds. The molecule has 7 heteroatoms. The first-order valence-electron chi connectivity index (χ1n) is 6.11. The molecule has 1 aliphatic rings. The molecule has 1 N–H and O–H groups in total. The molecule has 1 saturated heterocycles. The van der Waals surface area contributed by atoms with Gasteiger partial charge in [-0.05, 0) is 18.2 Å². The van der Waals surface area contributed by atoms with Gasteiger partial charge in [-0.1, -0.05) is 17.7 Å². The van der Waals surface area contributed by atoms with Crippen molar-refractivity contribution >= 4 is 40.4 Å². The Bertz CT molecular complexity index is 632. The number of halogens is 1. The molecule has 1 fully saturated rings. The summed E-state index contributed by atoms with van der Waals surface area (Å²) in [6.45, 7) is 1.68. The Morgan fingerprint density at radius 2 is 2.40 bits per heavy atom. The second-order valence-electron chi connectivity index (χ2n) is 4.25. The summed E-state index contributed by atoms with van der Waals surface area (Å²) in [5.41, 5.74) is 1.77. The van der Waals surface area contributed by atoms with E-state index in [2.05, 4.69) is 10.3 Å². The van der Waals surface area contributed by atoms with Gasteiger partial charge >= 0.3 is 6.09 Å². The highest BCUT2D eigenvalue weighted by molar-refractivity contribution is 7.15. The summed E-state index contributed by atoms with van der Waals surface area (Å²) in [5.74, 6) is 0. The number of rotatable bonds is 4. The van der Waals surface area contributed by atoms with Gasteiger partial charge in [0.1, 0.15) is 6.61 Å². The number of ether oxygens (including phenoxy) is 1. The summed E-state index contributed by atoms with van der Waals surface area (Å²) in [6, 6.07) is 7.67. The number of nitrogens with zero attached hydrogens (tertiary/aromatic N) is 2. The molecule has 0 saturated carbocycles. The van der Waals surface area contributed by atoms with Gasteiger partial charge < -0.3 is 10.1 Å². The van der Waals surface area contributed by atoms with E-state index in [0.29, 0.717) is 24.2 Å². The third kappa shape index (κ3) is 2.86. The van der Waals surface area contributed by atoms with Gasteiger partial charge in [-0.3, -0.25) is 4.90 Å². The van der Waals surface area contributed by atoms with E-state index in [0.717, 1.165) is 16.3 Å². The molecule has 2 heterocycles. The number of nitrogens with one attached hydrogen (secondary N) is 1. The van der Waals surface area contributed by atoms with Crippen LogP contribution < -0.4 is 10.2 Å². The molecule has 0 unspecified atom stereocenters. The minimum Gasteiger partial charge on any atom is -0.447 e. The van der Waals surface area contributed by atoms with Gasteiger partial charge in [0, 0.05) is 22.4 Å². The number of aromatic nitrogens is 1. The minimum atomic E-state index is -0.295. The summed E-state index contributed by atoms with van der Waals surface area (Å²) >= 11 is 7.24. The van der Waals surface area contributed by atoms with Crippen molar-refractivity contribution in [3.63, 3.8) is 0 Å². The van der Waals surface area contributed by atoms with Gasteiger partial charge in [-0.15, -0.1) is 11.3 Å². The van der Waals surface area contributed by atoms with Crippen LogP contribution in [0.4, 0.5) is 16.2 Å². The van der Waals surface area contributed by atoms with Gasteiger partial charge in [-0.25, -0.2) is 9.78 Å². The summed E-state index contributed by atoms with van der Waals surface area (Å²) in [5, 5.41) is 3.29. The Hall–Kier alpha value is -1.79. The van der Waals surface area contributed by atoms with Crippen molar-refractivity contribution in [3.8, 4) is 0 Å². The quantitative estimate of drug-likeness (QED) is 0.941. The topological polar surface area (TPSA) is 54.5 Å². The SMILES string of the molecule is O=C1OCCN1c1cccc(NCc2cnc(Cl)s2)c1. The molecule has 20 heavy (non-hydrogen) atoms. The van der Waals surface area contributed by atoms with Crippen LogP contribution in [0.15, 0.2) is 30.5 Å². The monoisotopic (exact) mass is 309 g/mol. The number of anilines is 2. The average Bonchev–Trinajstić information content (AvgIpc) is 3.05. The first kappa shape index (κ1) is 13.2. The lowest BCUT2D eigenvalue weighted by Crippen LogP contribution is -2.23. The van der Waals surface area contributed by atoms with Gasteiger partial charge in [0.05, 0.1) is 13.1 Å². The Labute approximate surface area is 125 Å². The van der Waals surface area contributed by atoms with E-state index in [-0.39, 0.29) is 6.09 Å². The average molecular weight is 310 g/mol. The normalized spacial score (nSPS) is 14.4. The van der Waals surface area contributed by atoms with Crippen molar-refractivity contribution in [1.29, 1.82) is 0 Å². The van der Waals surface area contributed by atoms with E-state index in [4.69, 9.17) is 16.3 Å². The molecule has 1 aromatic carbocycles. The van der Waals surface area contributed by atoms with Gasteiger partial charge in [0.2, 0.25) is 0 Å². The Kier molecular flexibility index (Phi) is 3.75. The number of amides is 1. The molecule has 1 aliphatic heterocycles. The number of carbonyl (C=O) groups excluding carboxylic acids is 1. The number of hydrogen-bond donors (Lipinski definition) is 1. The van der Waals surface area contributed by atoms with Crippen LogP contribution in [0.3, 0.4) is 0 Å². The van der Waals surface area contributed by atoms with Crippen LogP contribution in [0.2, 0.25) is 4.47 Å². The van der Waals surface area contributed by atoms with E-state index in [1.54, 1.807) is 11.1 Å². The van der Waals surface area contributed by atoms with Gasteiger partial charge in [0.25, 0.3) is 0 Å². The van der Waals surface area contributed by atoms with E-state index in [1.165, 1.54) is 11.3 Å². The zero-order valence-corrected chi connectivity index (χ0v) is 12.1. The molecule has 0 aliphatic carbocycles. The predicted octanol–water partition coefficient (Wildman–Crippen LogP) is 3.37. The second-order valence-corrected chi connectivity index (χ2v) is 5.95. The molecule has 0 spiro atoms. The van der Waals surface area contributed by atoms with E-state index in [1.807, 2.05) is 24.3 Å². The van der Waals surface area contributed by atoms with Crippen LogP contribution in [0.25, 0.3) is 0 Å². The number of benzene rings is 1. The molecule has 0 bridgehead atoms. The molecule has 3 rings (SSSR count). The molecule has 5 nitrogen and oxygen atoms in total. The number of thiazole rings is 1. The van der Waals surface area contributed by atoms with Crippen LogP contribution in [0.5, 0.6) is 0 Å². The largest absolute Gasteiger partial charge is 0.447 e. The lowest BCUT2D eigenvalue weighted by atomic mass is 10.2. The highest BCUT2D eigenvalue weighted by atomic mass is 35.5. The Morgan fingerprint density at radius 1 is 1.50 bits per heavy atom. The fraction of sp³-hybridized carbons (Fsp3) is 0.231. The predicted molar refractivity (Wildman–Crippen MR) is 79.6 cm³/mol. The van der Waals surface area contributed by atoms with Crippen molar-refractivity contribution in [1.82, 2.24) is 4.98 Å².